The van der Waals surface area contributed by atoms with Gasteiger partial charge >= 0.3 is 6.18 Å². The Morgan fingerprint density at radius 1 is 1.08 bits per heavy atom. The molecule has 1 heterocycles. The van der Waals surface area contributed by atoms with Crippen molar-refractivity contribution in [2.75, 3.05) is 11.9 Å². The molecule has 0 aliphatic rings. The Morgan fingerprint density at radius 2 is 1.85 bits per heavy atom. The van der Waals surface area contributed by atoms with Gasteiger partial charge in [-0.25, -0.2) is 4.98 Å². The molecule has 1 aromatic carbocycles. The highest BCUT2D eigenvalue weighted by atomic mass is 19.4. The van der Waals surface area contributed by atoms with E-state index < -0.39 is 17.6 Å². The maximum Gasteiger partial charge on any atom is 0.423 e. The number of rotatable bonds is 9. The molecule has 0 aliphatic heterocycles. The van der Waals surface area contributed by atoms with Gasteiger partial charge in [0.1, 0.15) is 5.56 Å². The van der Waals surface area contributed by atoms with E-state index in [0.29, 0.717) is 6.42 Å². The molecule has 0 spiro atoms. The van der Waals surface area contributed by atoms with E-state index in [1.54, 1.807) is 0 Å². The molecular formula is C19H24F3N3O. The first-order valence-corrected chi connectivity index (χ1v) is 8.87. The zero-order valence-corrected chi connectivity index (χ0v) is 15.1. The van der Waals surface area contributed by atoms with E-state index >= 15 is 0 Å². The van der Waals surface area contributed by atoms with Gasteiger partial charge in [0.25, 0.3) is 0 Å². The fraction of sp³-hybridized carbons (Fsp3) is 0.474. The number of anilines is 2. The SMILES string of the molecule is CCCCCOc1nc(Nc2ccccc2CCC)ncc1C(F)(F)F. The molecule has 1 N–H and O–H groups in total. The first kappa shape index (κ1) is 20.0. The van der Waals surface area contributed by atoms with Gasteiger partial charge in [0.2, 0.25) is 11.8 Å². The number of nitrogens with zero attached hydrogens (tertiary/aromatic N) is 2. The number of unbranched alkanes of at least 4 members (excludes halogenated alkanes) is 2. The standard InChI is InChI=1S/C19H24F3N3O/c1-3-5-8-12-26-17-15(19(20,21)22)13-23-18(25-17)24-16-11-7-6-10-14(16)9-4-2/h6-7,10-11,13H,3-5,8-9,12H2,1-2H3,(H,23,24,25). The quantitative estimate of drug-likeness (QED) is 0.572. The van der Waals surface area contributed by atoms with Crippen LogP contribution in [-0.4, -0.2) is 16.6 Å². The summed E-state index contributed by atoms with van der Waals surface area (Å²) in [7, 11) is 0. The van der Waals surface area contributed by atoms with E-state index in [0.717, 1.165) is 43.1 Å². The third-order valence-corrected chi connectivity index (χ3v) is 3.83. The largest absolute Gasteiger partial charge is 0.477 e. The van der Waals surface area contributed by atoms with E-state index in [1.165, 1.54) is 0 Å². The number of aryl methyl sites for hydroxylation is 1. The van der Waals surface area contributed by atoms with Crippen molar-refractivity contribution in [2.24, 2.45) is 0 Å². The highest BCUT2D eigenvalue weighted by Gasteiger charge is 2.36. The number of ether oxygens (including phenoxy) is 1. The molecule has 0 saturated heterocycles. The number of alkyl halides is 3. The summed E-state index contributed by atoms with van der Waals surface area (Å²) in [6.07, 6.45) is 0.552. The van der Waals surface area contributed by atoms with Crippen molar-refractivity contribution in [3.05, 3.63) is 41.6 Å². The molecule has 0 fully saturated rings. The van der Waals surface area contributed by atoms with Crippen LogP contribution in [0, 0.1) is 0 Å². The maximum absolute atomic E-state index is 13.2. The Morgan fingerprint density at radius 3 is 2.54 bits per heavy atom. The maximum atomic E-state index is 13.2. The molecule has 142 valence electrons. The normalized spacial score (nSPS) is 11.4. The molecule has 1 aromatic heterocycles. The van der Waals surface area contributed by atoms with Crippen LogP contribution in [0.25, 0.3) is 0 Å². The molecule has 2 rings (SSSR count). The second-order valence-electron chi connectivity index (χ2n) is 6.00. The van der Waals surface area contributed by atoms with Gasteiger partial charge in [-0.2, -0.15) is 18.2 Å². The molecule has 4 nitrogen and oxygen atoms in total. The minimum Gasteiger partial charge on any atom is -0.477 e. The van der Waals surface area contributed by atoms with Gasteiger partial charge in [0, 0.05) is 11.9 Å². The molecular weight excluding hydrogens is 343 g/mol. The summed E-state index contributed by atoms with van der Waals surface area (Å²) in [6.45, 7) is 4.27. The second-order valence-corrected chi connectivity index (χ2v) is 6.00. The number of para-hydroxylation sites is 1. The molecule has 0 bridgehead atoms. The van der Waals surface area contributed by atoms with Crippen LogP contribution in [0.1, 0.15) is 50.7 Å². The van der Waals surface area contributed by atoms with Crippen LogP contribution in [0.2, 0.25) is 0 Å². The molecule has 0 amide bonds. The summed E-state index contributed by atoms with van der Waals surface area (Å²) in [5.74, 6) is -0.342. The topological polar surface area (TPSA) is 47.0 Å². The summed E-state index contributed by atoms with van der Waals surface area (Å²) in [6, 6.07) is 7.60. The lowest BCUT2D eigenvalue weighted by atomic mass is 10.1. The van der Waals surface area contributed by atoms with E-state index in [4.69, 9.17) is 4.74 Å². The van der Waals surface area contributed by atoms with Gasteiger partial charge in [-0.15, -0.1) is 0 Å². The van der Waals surface area contributed by atoms with Crippen LogP contribution >= 0.6 is 0 Å². The third kappa shape index (κ3) is 5.61. The van der Waals surface area contributed by atoms with Gasteiger partial charge in [0.15, 0.2) is 0 Å². The van der Waals surface area contributed by atoms with E-state index in [1.807, 2.05) is 31.2 Å². The van der Waals surface area contributed by atoms with E-state index in [-0.39, 0.29) is 12.6 Å². The Hall–Kier alpha value is -2.31. The average molecular weight is 367 g/mol. The number of nitrogens with one attached hydrogen (secondary N) is 1. The summed E-state index contributed by atoms with van der Waals surface area (Å²) >= 11 is 0. The molecule has 26 heavy (non-hydrogen) atoms. The van der Waals surface area contributed by atoms with Gasteiger partial charge in [-0.1, -0.05) is 51.3 Å². The molecule has 0 radical (unpaired) electrons. The zero-order chi connectivity index (χ0) is 19.0. The molecule has 2 aromatic rings. The zero-order valence-electron chi connectivity index (χ0n) is 15.1. The summed E-state index contributed by atoms with van der Waals surface area (Å²) < 4.78 is 44.8. The lowest BCUT2D eigenvalue weighted by Gasteiger charge is -2.15. The smallest absolute Gasteiger partial charge is 0.423 e. The first-order valence-electron chi connectivity index (χ1n) is 8.87. The van der Waals surface area contributed by atoms with Crippen molar-refractivity contribution in [3.8, 4) is 5.88 Å². The van der Waals surface area contributed by atoms with Crippen molar-refractivity contribution in [2.45, 2.75) is 52.1 Å². The fourth-order valence-corrected chi connectivity index (χ4v) is 2.50. The van der Waals surface area contributed by atoms with E-state index in [2.05, 4.69) is 22.2 Å². The second kappa shape index (κ2) is 9.40. The van der Waals surface area contributed by atoms with Crippen molar-refractivity contribution in [1.82, 2.24) is 9.97 Å². The van der Waals surface area contributed by atoms with E-state index in [9.17, 15) is 13.2 Å². The minimum atomic E-state index is -4.56. The van der Waals surface area contributed by atoms with Crippen LogP contribution in [0.5, 0.6) is 5.88 Å². The van der Waals surface area contributed by atoms with Crippen molar-refractivity contribution in [3.63, 3.8) is 0 Å². The monoisotopic (exact) mass is 367 g/mol. The Labute approximate surface area is 151 Å². The predicted octanol–water partition coefficient (Wildman–Crippen LogP) is 5.76. The van der Waals surface area contributed by atoms with Crippen LogP contribution in [-0.2, 0) is 12.6 Å². The van der Waals surface area contributed by atoms with Crippen molar-refractivity contribution >= 4 is 11.6 Å². The van der Waals surface area contributed by atoms with Crippen LogP contribution in [0.3, 0.4) is 0 Å². The molecule has 0 saturated carbocycles. The number of halogens is 3. The first-order chi connectivity index (χ1) is 12.5. The molecule has 0 unspecified atom stereocenters. The number of benzene rings is 1. The number of aromatic nitrogens is 2. The highest BCUT2D eigenvalue weighted by molar-refractivity contribution is 5.59. The van der Waals surface area contributed by atoms with Gasteiger partial charge in [0.05, 0.1) is 6.61 Å². The Bertz CT molecular complexity index is 705. The molecule has 0 atom stereocenters. The van der Waals surface area contributed by atoms with Crippen LogP contribution in [0.4, 0.5) is 24.8 Å². The van der Waals surface area contributed by atoms with Crippen molar-refractivity contribution in [1.29, 1.82) is 0 Å². The molecule has 7 heteroatoms. The molecule has 0 aliphatic carbocycles. The third-order valence-electron chi connectivity index (χ3n) is 3.83. The van der Waals surface area contributed by atoms with Gasteiger partial charge in [-0.05, 0) is 24.5 Å². The van der Waals surface area contributed by atoms with Gasteiger partial charge in [-0.3, -0.25) is 0 Å². The van der Waals surface area contributed by atoms with Crippen molar-refractivity contribution < 1.29 is 17.9 Å². The summed E-state index contributed by atoms with van der Waals surface area (Å²) in [5.41, 5.74) is 0.886. The lowest BCUT2D eigenvalue weighted by molar-refractivity contribution is -0.139. The van der Waals surface area contributed by atoms with Crippen LogP contribution in [0.15, 0.2) is 30.5 Å². The highest BCUT2D eigenvalue weighted by Crippen LogP contribution is 2.35. The number of hydrogen-bond acceptors (Lipinski definition) is 4. The lowest BCUT2D eigenvalue weighted by Crippen LogP contribution is -2.13. The van der Waals surface area contributed by atoms with Gasteiger partial charge < -0.3 is 10.1 Å². The average Bonchev–Trinajstić information content (AvgIpc) is 2.60. The fourth-order valence-electron chi connectivity index (χ4n) is 2.50. The predicted molar refractivity (Wildman–Crippen MR) is 95.8 cm³/mol. The van der Waals surface area contributed by atoms with Crippen LogP contribution < -0.4 is 10.1 Å². The summed E-state index contributed by atoms with van der Waals surface area (Å²) in [4.78, 5) is 7.79. The Kier molecular flexibility index (Phi) is 7.24. The Balaban J connectivity index is 2.24. The number of hydrogen-bond donors (Lipinski definition) is 1. The minimum absolute atomic E-state index is 0.0899. The summed E-state index contributed by atoms with van der Waals surface area (Å²) in [5, 5.41) is 3.01.